The highest BCUT2D eigenvalue weighted by Crippen LogP contribution is 1.95. The van der Waals surface area contributed by atoms with E-state index in [4.69, 9.17) is 0 Å². The molecule has 1 heterocycles. The fraction of sp³-hybridized carbons (Fsp3) is 0.556. The second-order valence-electron chi connectivity index (χ2n) is 2.75. The number of aromatic nitrogens is 3. The fourth-order valence-corrected chi connectivity index (χ4v) is 0.930. The first-order valence-corrected chi connectivity index (χ1v) is 4.21. The molecule has 0 saturated heterocycles. The molecular formula is C9H14N4. The van der Waals surface area contributed by atoms with E-state index in [9.17, 15) is 0 Å². The first-order valence-electron chi connectivity index (χ1n) is 4.21. The quantitative estimate of drug-likeness (QED) is 0.532. The van der Waals surface area contributed by atoms with E-state index in [-0.39, 0.29) is 0 Å². The summed E-state index contributed by atoms with van der Waals surface area (Å²) in [6.45, 7) is 5.17. The molecule has 13 heavy (non-hydrogen) atoms. The second kappa shape index (κ2) is 4.63. The third kappa shape index (κ3) is 2.56. The molecular weight excluding hydrogens is 164 g/mol. The van der Waals surface area contributed by atoms with Gasteiger partial charge in [0, 0.05) is 7.05 Å². The summed E-state index contributed by atoms with van der Waals surface area (Å²) in [5, 5.41) is 11.1. The van der Waals surface area contributed by atoms with E-state index in [0.29, 0.717) is 13.1 Å². The van der Waals surface area contributed by atoms with Crippen LogP contribution in [0.4, 0.5) is 0 Å². The average Bonchev–Trinajstić information content (AvgIpc) is 2.43. The molecule has 0 atom stereocenters. The van der Waals surface area contributed by atoms with Crippen molar-refractivity contribution >= 4 is 0 Å². The lowest BCUT2D eigenvalue weighted by Gasteiger charge is -2.00. The summed E-state index contributed by atoms with van der Waals surface area (Å²) in [5.74, 6) is 7.61. The number of hydrogen-bond donors (Lipinski definition) is 1. The normalized spacial score (nSPS) is 9.46. The first kappa shape index (κ1) is 9.75. The Morgan fingerprint density at radius 1 is 1.46 bits per heavy atom. The minimum Gasteiger partial charge on any atom is -0.317 e. The second-order valence-corrected chi connectivity index (χ2v) is 2.75. The van der Waals surface area contributed by atoms with E-state index >= 15 is 0 Å². The minimum atomic E-state index is 0.697. The molecule has 0 spiro atoms. The van der Waals surface area contributed by atoms with Crippen molar-refractivity contribution in [3.63, 3.8) is 0 Å². The third-order valence-electron chi connectivity index (χ3n) is 1.86. The summed E-state index contributed by atoms with van der Waals surface area (Å²) in [5.41, 5.74) is 0. The summed E-state index contributed by atoms with van der Waals surface area (Å²) in [6.07, 6.45) is 0. The van der Waals surface area contributed by atoms with Crippen molar-refractivity contribution in [2.24, 2.45) is 7.05 Å². The number of rotatable bonds is 3. The molecule has 1 N–H and O–H groups in total. The lowest BCUT2D eigenvalue weighted by Crippen LogP contribution is -2.16. The van der Waals surface area contributed by atoms with Gasteiger partial charge < -0.3 is 4.57 Å². The molecule has 0 aromatic carbocycles. The number of hydrogen-bond acceptors (Lipinski definition) is 3. The van der Waals surface area contributed by atoms with Gasteiger partial charge in [-0.1, -0.05) is 5.92 Å². The average molecular weight is 178 g/mol. The van der Waals surface area contributed by atoms with E-state index in [0.717, 1.165) is 11.6 Å². The third-order valence-corrected chi connectivity index (χ3v) is 1.86. The molecule has 1 aromatic rings. The van der Waals surface area contributed by atoms with E-state index in [1.807, 2.05) is 25.5 Å². The Kier molecular flexibility index (Phi) is 3.47. The van der Waals surface area contributed by atoms with Crippen LogP contribution in [0.25, 0.3) is 0 Å². The van der Waals surface area contributed by atoms with Crippen LogP contribution < -0.4 is 5.32 Å². The van der Waals surface area contributed by atoms with Gasteiger partial charge >= 0.3 is 0 Å². The Hall–Kier alpha value is -1.34. The van der Waals surface area contributed by atoms with Crippen LogP contribution in [0, 0.1) is 18.8 Å². The van der Waals surface area contributed by atoms with Crippen LogP contribution in [0.5, 0.6) is 0 Å². The van der Waals surface area contributed by atoms with Crippen molar-refractivity contribution in [3.8, 4) is 11.8 Å². The van der Waals surface area contributed by atoms with Gasteiger partial charge in [0.25, 0.3) is 0 Å². The van der Waals surface area contributed by atoms with Crippen molar-refractivity contribution in [1.82, 2.24) is 20.1 Å². The first-order chi connectivity index (χ1) is 6.25. The molecule has 70 valence electrons. The van der Waals surface area contributed by atoms with E-state index in [2.05, 4.69) is 27.4 Å². The predicted octanol–water partition coefficient (Wildman–Crippen LogP) is 0.236. The van der Waals surface area contributed by atoms with Gasteiger partial charge in [0.05, 0.1) is 13.1 Å². The van der Waals surface area contributed by atoms with Crippen molar-refractivity contribution in [1.29, 1.82) is 0 Å². The van der Waals surface area contributed by atoms with E-state index in [1.54, 1.807) is 0 Å². The van der Waals surface area contributed by atoms with Crippen molar-refractivity contribution in [3.05, 3.63) is 11.6 Å². The maximum Gasteiger partial charge on any atom is 0.146 e. The van der Waals surface area contributed by atoms with Gasteiger partial charge in [-0.15, -0.1) is 16.1 Å². The lowest BCUT2D eigenvalue weighted by molar-refractivity contribution is 0.678. The van der Waals surface area contributed by atoms with Crippen LogP contribution in [-0.2, 0) is 13.6 Å². The van der Waals surface area contributed by atoms with E-state index in [1.165, 1.54) is 0 Å². The molecule has 1 aromatic heterocycles. The molecule has 0 saturated carbocycles. The Morgan fingerprint density at radius 2 is 2.23 bits per heavy atom. The molecule has 0 aliphatic heterocycles. The Morgan fingerprint density at radius 3 is 2.77 bits per heavy atom. The van der Waals surface area contributed by atoms with Gasteiger partial charge in [-0.05, 0) is 13.8 Å². The minimum absolute atomic E-state index is 0.697. The number of aryl methyl sites for hydroxylation is 1. The maximum absolute atomic E-state index is 4.02. The topological polar surface area (TPSA) is 42.7 Å². The standard InChI is InChI=1S/C9H14N4/c1-4-5-6-10-7-9-12-11-8(2)13(9)3/h10H,6-7H2,1-3H3. The summed E-state index contributed by atoms with van der Waals surface area (Å²) < 4.78 is 1.96. The van der Waals surface area contributed by atoms with Gasteiger partial charge in [0.2, 0.25) is 0 Å². The molecule has 0 radical (unpaired) electrons. The molecule has 0 aliphatic rings. The monoisotopic (exact) mass is 178 g/mol. The molecule has 0 aliphatic carbocycles. The smallest absolute Gasteiger partial charge is 0.146 e. The largest absolute Gasteiger partial charge is 0.317 e. The van der Waals surface area contributed by atoms with Crippen LogP contribution in [0.1, 0.15) is 18.6 Å². The van der Waals surface area contributed by atoms with Crippen LogP contribution in [-0.4, -0.2) is 21.3 Å². The Balaban J connectivity index is 2.44. The lowest BCUT2D eigenvalue weighted by atomic mass is 10.5. The van der Waals surface area contributed by atoms with Gasteiger partial charge in [-0.2, -0.15) is 0 Å². The maximum atomic E-state index is 4.02. The Labute approximate surface area is 78.4 Å². The molecule has 4 heteroatoms. The summed E-state index contributed by atoms with van der Waals surface area (Å²) in [7, 11) is 1.96. The molecule has 0 amide bonds. The predicted molar refractivity (Wildman–Crippen MR) is 50.9 cm³/mol. The van der Waals surface area contributed by atoms with Gasteiger partial charge in [-0.25, -0.2) is 0 Å². The fourth-order valence-electron chi connectivity index (χ4n) is 0.930. The summed E-state index contributed by atoms with van der Waals surface area (Å²) >= 11 is 0. The molecule has 0 fully saturated rings. The SMILES string of the molecule is CC#CCNCc1nnc(C)n1C. The molecule has 4 nitrogen and oxygen atoms in total. The zero-order chi connectivity index (χ0) is 9.68. The number of nitrogens with zero attached hydrogens (tertiary/aromatic N) is 3. The van der Waals surface area contributed by atoms with E-state index < -0.39 is 0 Å². The molecule has 0 unspecified atom stereocenters. The van der Waals surface area contributed by atoms with Crippen LogP contribution in [0.2, 0.25) is 0 Å². The molecule has 0 bridgehead atoms. The highest BCUT2D eigenvalue weighted by molar-refractivity contribution is 4.98. The zero-order valence-corrected chi connectivity index (χ0v) is 8.26. The van der Waals surface area contributed by atoms with Crippen LogP contribution >= 0.6 is 0 Å². The van der Waals surface area contributed by atoms with Crippen molar-refractivity contribution in [2.45, 2.75) is 20.4 Å². The van der Waals surface area contributed by atoms with Gasteiger partial charge in [-0.3, -0.25) is 5.32 Å². The van der Waals surface area contributed by atoms with Crippen LogP contribution in [0.15, 0.2) is 0 Å². The zero-order valence-electron chi connectivity index (χ0n) is 8.26. The van der Waals surface area contributed by atoms with Crippen LogP contribution in [0.3, 0.4) is 0 Å². The highest BCUT2D eigenvalue weighted by Gasteiger charge is 2.02. The number of nitrogens with one attached hydrogen (secondary N) is 1. The highest BCUT2D eigenvalue weighted by atomic mass is 15.3. The molecule has 1 rings (SSSR count). The Bertz CT molecular complexity index is 329. The summed E-state index contributed by atoms with van der Waals surface area (Å²) in [4.78, 5) is 0. The van der Waals surface area contributed by atoms with Crippen molar-refractivity contribution in [2.75, 3.05) is 6.54 Å². The van der Waals surface area contributed by atoms with Gasteiger partial charge in [0.1, 0.15) is 11.6 Å². The van der Waals surface area contributed by atoms with Crippen molar-refractivity contribution < 1.29 is 0 Å². The summed E-state index contributed by atoms with van der Waals surface area (Å²) in [6, 6.07) is 0. The van der Waals surface area contributed by atoms with Gasteiger partial charge in [0.15, 0.2) is 0 Å².